The number of rotatable bonds is 7. The molecule has 0 N–H and O–H groups in total. The average Bonchev–Trinajstić information content (AvgIpc) is 2.07. The lowest BCUT2D eigenvalue weighted by molar-refractivity contribution is 0.305. The van der Waals surface area contributed by atoms with Crippen molar-refractivity contribution in [3.05, 3.63) is 0 Å². The van der Waals surface area contributed by atoms with Gasteiger partial charge in [-0.3, -0.25) is 0 Å². The highest BCUT2D eigenvalue weighted by Gasteiger charge is 2.04. The maximum atomic E-state index is 4.33. The van der Waals surface area contributed by atoms with Gasteiger partial charge in [0.25, 0.3) is 0 Å². The topological polar surface area (TPSA) is 3.24 Å². The Hall–Kier alpha value is 0.310. The van der Waals surface area contributed by atoms with Gasteiger partial charge in [0.2, 0.25) is 0 Å². The summed E-state index contributed by atoms with van der Waals surface area (Å²) in [6.07, 6.45) is 3.83. The summed E-state index contributed by atoms with van der Waals surface area (Å²) in [5, 5.41) is 0. The van der Waals surface area contributed by atoms with Crippen LogP contribution in [0.2, 0.25) is 0 Å². The minimum Gasteiger partial charge on any atom is -0.306 e. The van der Waals surface area contributed by atoms with Crippen molar-refractivity contribution in [2.24, 2.45) is 5.92 Å². The average molecular weight is 189 g/mol. The van der Waals surface area contributed by atoms with E-state index in [1.54, 1.807) is 0 Å². The molecule has 0 aromatic rings. The van der Waals surface area contributed by atoms with Gasteiger partial charge in [-0.1, -0.05) is 20.3 Å². The van der Waals surface area contributed by atoms with Crippen LogP contribution in [-0.4, -0.2) is 30.8 Å². The first-order chi connectivity index (χ1) is 5.74. The maximum Gasteiger partial charge on any atom is -0.00189 e. The molecule has 0 fully saturated rings. The summed E-state index contributed by atoms with van der Waals surface area (Å²) >= 11 is 4.33. The van der Waals surface area contributed by atoms with Crippen molar-refractivity contribution >= 4 is 12.6 Å². The van der Waals surface area contributed by atoms with Crippen molar-refractivity contribution in [1.29, 1.82) is 0 Å². The van der Waals surface area contributed by atoms with E-state index in [0.717, 1.165) is 11.7 Å². The molecule has 0 aromatic carbocycles. The molecule has 0 rings (SSSR count). The SMILES string of the molecule is CCCN(C)CCC(CC)CS. The van der Waals surface area contributed by atoms with Crippen LogP contribution >= 0.6 is 12.6 Å². The zero-order valence-electron chi connectivity index (χ0n) is 8.71. The fraction of sp³-hybridized carbons (Fsp3) is 1.00. The lowest BCUT2D eigenvalue weighted by Crippen LogP contribution is -2.22. The highest BCUT2D eigenvalue weighted by Crippen LogP contribution is 2.10. The zero-order chi connectivity index (χ0) is 9.40. The molecule has 0 bridgehead atoms. The quantitative estimate of drug-likeness (QED) is 0.603. The predicted octanol–water partition coefficient (Wildman–Crippen LogP) is 2.67. The van der Waals surface area contributed by atoms with Crippen molar-refractivity contribution < 1.29 is 0 Å². The van der Waals surface area contributed by atoms with Crippen LogP contribution in [0, 0.1) is 5.92 Å². The molecule has 0 aliphatic carbocycles. The van der Waals surface area contributed by atoms with Crippen LogP contribution in [0.3, 0.4) is 0 Å². The van der Waals surface area contributed by atoms with E-state index in [0.29, 0.717) is 0 Å². The van der Waals surface area contributed by atoms with Gasteiger partial charge < -0.3 is 4.90 Å². The molecule has 0 aliphatic heterocycles. The summed E-state index contributed by atoms with van der Waals surface area (Å²) in [4.78, 5) is 2.41. The summed E-state index contributed by atoms with van der Waals surface area (Å²) in [6, 6.07) is 0. The Kier molecular flexibility index (Phi) is 8.14. The first kappa shape index (κ1) is 12.3. The standard InChI is InChI=1S/C10H23NS/c1-4-7-11(3)8-6-10(5-2)9-12/h10,12H,4-9H2,1-3H3. The Morgan fingerprint density at radius 1 is 1.25 bits per heavy atom. The second-order valence-electron chi connectivity index (χ2n) is 3.55. The second-order valence-corrected chi connectivity index (χ2v) is 3.91. The summed E-state index contributed by atoms with van der Waals surface area (Å²) in [5.74, 6) is 1.85. The van der Waals surface area contributed by atoms with Crippen LogP contribution < -0.4 is 0 Å². The van der Waals surface area contributed by atoms with Gasteiger partial charge in [-0.2, -0.15) is 12.6 Å². The molecular formula is C10H23NS. The van der Waals surface area contributed by atoms with Crippen LogP contribution in [0.4, 0.5) is 0 Å². The molecule has 0 aromatic heterocycles. The number of thiol groups is 1. The Labute approximate surface area is 82.9 Å². The van der Waals surface area contributed by atoms with E-state index >= 15 is 0 Å². The third-order valence-corrected chi connectivity index (χ3v) is 2.88. The fourth-order valence-corrected chi connectivity index (χ4v) is 1.76. The van der Waals surface area contributed by atoms with Gasteiger partial charge in [0.15, 0.2) is 0 Å². The van der Waals surface area contributed by atoms with Crippen LogP contribution in [0.25, 0.3) is 0 Å². The number of hydrogen-bond donors (Lipinski definition) is 1. The Morgan fingerprint density at radius 2 is 1.92 bits per heavy atom. The molecule has 0 aliphatic rings. The van der Waals surface area contributed by atoms with Gasteiger partial charge in [0.1, 0.15) is 0 Å². The normalized spacial score (nSPS) is 13.8. The molecule has 74 valence electrons. The first-order valence-electron chi connectivity index (χ1n) is 5.03. The summed E-state index contributed by atoms with van der Waals surface area (Å²) in [6.45, 7) is 6.93. The van der Waals surface area contributed by atoms with Crippen molar-refractivity contribution in [1.82, 2.24) is 4.90 Å². The van der Waals surface area contributed by atoms with Gasteiger partial charge in [-0.15, -0.1) is 0 Å². The van der Waals surface area contributed by atoms with Crippen LogP contribution in [0.15, 0.2) is 0 Å². The molecule has 0 spiro atoms. The van der Waals surface area contributed by atoms with Crippen molar-refractivity contribution in [3.63, 3.8) is 0 Å². The minimum absolute atomic E-state index is 0.813. The first-order valence-corrected chi connectivity index (χ1v) is 5.67. The Bertz CT molecular complexity index is 91.8. The molecule has 1 nitrogen and oxygen atoms in total. The maximum absolute atomic E-state index is 4.33. The Balaban J connectivity index is 3.37. The third kappa shape index (κ3) is 5.90. The number of hydrogen-bond acceptors (Lipinski definition) is 2. The molecule has 0 heterocycles. The van der Waals surface area contributed by atoms with Crippen molar-refractivity contribution in [2.75, 3.05) is 25.9 Å². The van der Waals surface area contributed by atoms with Crippen LogP contribution in [0.5, 0.6) is 0 Å². The van der Waals surface area contributed by atoms with Gasteiger partial charge in [-0.05, 0) is 44.6 Å². The van der Waals surface area contributed by atoms with E-state index < -0.39 is 0 Å². The molecule has 2 heteroatoms. The third-order valence-electron chi connectivity index (χ3n) is 2.36. The van der Waals surface area contributed by atoms with E-state index in [2.05, 4.69) is 38.4 Å². The fourth-order valence-electron chi connectivity index (χ4n) is 1.32. The van der Waals surface area contributed by atoms with E-state index in [1.165, 1.54) is 32.4 Å². The van der Waals surface area contributed by atoms with Crippen LogP contribution in [-0.2, 0) is 0 Å². The lowest BCUT2D eigenvalue weighted by atomic mass is 10.1. The van der Waals surface area contributed by atoms with Gasteiger partial charge in [0, 0.05) is 0 Å². The van der Waals surface area contributed by atoms with E-state index in [4.69, 9.17) is 0 Å². The lowest BCUT2D eigenvalue weighted by Gasteiger charge is -2.18. The second kappa shape index (κ2) is 7.93. The molecule has 0 saturated carbocycles. The Morgan fingerprint density at radius 3 is 2.33 bits per heavy atom. The van der Waals surface area contributed by atoms with E-state index in [9.17, 15) is 0 Å². The van der Waals surface area contributed by atoms with Crippen LogP contribution in [0.1, 0.15) is 33.1 Å². The predicted molar refractivity (Wildman–Crippen MR) is 60.0 cm³/mol. The summed E-state index contributed by atoms with van der Waals surface area (Å²) < 4.78 is 0. The van der Waals surface area contributed by atoms with Gasteiger partial charge in [0.05, 0.1) is 0 Å². The summed E-state index contributed by atoms with van der Waals surface area (Å²) in [7, 11) is 2.20. The highest BCUT2D eigenvalue weighted by atomic mass is 32.1. The zero-order valence-corrected chi connectivity index (χ0v) is 9.61. The number of nitrogens with zero attached hydrogens (tertiary/aromatic N) is 1. The molecule has 1 unspecified atom stereocenters. The van der Waals surface area contributed by atoms with E-state index in [-0.39, 0.29) is 0 Å². The molecule has 1 atom stereocenters. The van der Waals surface area contributed by atoms with Crippen molar-refractivity contribution in [3.8, 4) is 0 Å². The molecule has 0 saturated heterocycles. The molecule has 0 radical (unpaired) electrons. The largest absolute Gasteiger partial charge is 0.306 e. The molecule has 0 amide bonds. The monoisotopic (exact) mass is 189 g/mol. The van der Waals surface area contributed by atoms with Gasteiger partial charge in [-0.25, -0.2) is 0 Å². The van der Waals surface area contributed by atoms with Crippen molar-refractivity contribution in [2.45, 2.75) is 33.1 Å². The van der Waals surface area contributed by atoms with E-state index in [1.807, 2.05) is 0 Å². The smallest absolute Gasteiger partial charge is 0.00189 e. The summed E-state index contributed by atoms with van der Waals surface area (Å²) in [5.41, 5.74) is 0. The molecular weight excluding hydrogens is 166 g/mol. The highest BCUT2D eigenvalue weighted by molar-refractivity contribution is 7.80. The molecule has 12 heavy (non-hydrogen) atoms. The minimum atomic E-state index is 0.813. The van der Waals surface area contributed by atoms with Gasteiger partial charge >= 0.3 is 0 Å².